The van der Waals surface area contributed by atoms with Gasteiger partial charge in [0.15, 0.2) is 5.75 Å². The molecule has 0 radical (unpaired) electrons. The van der Waals surface area contributed by atoms with Crippen LogP contribution in [0.25, 0.3) is 10.9 Å². The van der Waals surface area contributed by atoms with Crippen LogP contribution in [0.3, 0.4) is 0 Å². The Morgan fingerprint density at radius 3 is 2.52 bits per heavy atom. The van der Waals surface area contributed by atoms with Gasteiger partial charge < -0.3 is 15.0 Å². The van der Waals surface area contributed by atoms with Crippen LogP contribution in [0.15, 0.2) is 35.1 Å². The van der Waals surface area contributed by atoms with Crippen LogP contribution in [-0.2, 0) is 7.05 Å². The highest BCUT2D eigenvalue weighted by molar-refractivity contribution is 5.94. The molecule has 3 rings (SSSR count). The van der Waals surface area contributed by atoms with Crippen molar-refractivity contribution in [2.45, 2.75) is 26.3 Å². The number of rotatable bonds is 4. The number of halogens is 3. The zero-order valence-corrected chi connectivity index (χ0v) is 14.9. The summed E-state index contributed by atoms with van der Waals surface area (Å²) in [5.41, 5.74) is -0.341. The molecule has 1 atom stereocenters. The van der Waals surface area contributed by atoms with Gasteiger partial charge in [0.05, 0.1) is 22.8 Å². The molecule has 0 amide bonds. The molecule has 5 nitrogen and oxygen atoms in total. The molecule has 2 heterocycles. The number of alkyl halides is 2. The van der Waals surface area contributed by atoms with Gasteiger partial charge in [0.2, 0.25) is 0 Å². The smallest absolute Gasteiger partial charge is 0.266 e. The van der Waals surface area contributed by atoms with E-state index < -0.39 is 23.8 Å². The van der Waals surface area contributed by atoms with Crippen molar-refractivity contribution in [3.63, 3.8) is 0 Å². The van der Waals surface area contributed by atoms with Crippen molar-refractivity contribution in [2.75, 3.05) is 5.32 Å². The Morgan fingerprint density at radius 1 is 1.19 bits per heavy atom. The van der Waals surface area contributed by atoms with Crippen LogP contribution in [0.1, 0.15) is 36.2 Å². The maximum atomic E-state index is 14.4. The van der Waals surface area contributed by atoms with Crippen LogP contribution in [0.2, 0.25) is 0 Å². The molecule has 1 unspecified atom stereocenters. The summed E-state index contributed by atoms with van der Waals surface area (Å²) in [6.07, 6.45) is -2.92. The fraction of sp³-hybridized carbons (Fsp3) is 0.263. The maximum absolute atomic E-state index is 14.4. The Kier molecular flexibility index (Phi) is 4.82. The molecule has 0 spiro atoms. The summed E-state index contributed by atoms with van der Waals surface area (Å²) < 4.78 is 41.6. The van der Waals surface area contributed by atoms with E-state index in [0.29, 0.717) is 11.2 Å². The normalized spacial score (nSPS) is 12.6. The average Bonchev–Trinajstić information content (AvgIpc) is 2.61. The number of hydrogen-bond donors (Lipinski definition) is 2. The zero-order chi connectivity index (χ0) is 19.9. The van der Waals surface area contributed by atoms with Crippen molar-refractivity contribution in [1.29, 1.82) is 0 Å². The number of aromatic hydroxyl groups is 1. The Morgan fingerprint density at radius 2 is 1.85 bits per heavy atom. The van der Waals surface area contributed by atoms with Crippen molar-refractivity contribution >= 4 is 16.7 Å². The van der Waals surface area contributed by atoms with E-state index in [4.69, 9.17) is 0 Å². The number of hydrogen-bond acceptors (Lipinski definition) is 4. The van der Waals surface area contributed by atoms with Crippen molar-refractivity contribution < 1.29 is 18.3 Å². The summed E-state index contributed by atoms with van der Waals surface area (Å²) in [7, 11) is 1.52. The predicted octanol–water partition coefficient (Wildman–Crippen LogP) is 4.20. The van der Waals surface area contributed by atoms with E-state index in [2.05, 4.69) is 10.3 Å². The van der Waals surface area contributed by atoms with E-state index in [1.165, 1.54) is 35.9 Å². The van der Waals surface area contributed by atoms with Crippen molar-refractivity contribution in [3.05, 3.63) is 63.3 Å². The van der Waals surface area contributed by atoms with Gasteiger partial charge in [-0.25, -0.2) is 18.2 Å². The number of benzene rings is 1. The van der Waals surface area contributed by atoms with E-state index in [1.54, 1.807) is 13.8 Å². The Bertz CT molecular complexity index is 1080. The SMILES string of the molecule is Cc1nc(NC(C)c2cccc(C(F)F)c2F)c2ccc(=O)n(C)c2c1O. The third-order valence-electron chi connectivity index (χ3n) is 4.53. The van der Waals surface area contributed by atoms with Gasteiger partial charge in [-0.15, -0.1) is 0 Å². The molecule has 2 aromatic heterocycles. The summed E-state index contributed by atoms with van der Waals surface area (Å²) in [6, 6.07) is 5.99. The zero-order valence-electron chi connectivity index (χ0n) is 14.9. The molecule has 0 fully saturated rings. The summed E-state index contributed by atoms with van der Waals surface area (Å²) in [6.45, 7) is 3.19. The highest BCUT2D eigenvalue weighted by Gasteiger charge is 2.21. The summed E-state index contributed by atoms with van der Waals surface area (Å²) in [4.78, 5) is 16.2. The molecule has 0 saturated carbocycles. The van der Waals surface area contributed by atoms with Crippen LogP contribution in [-0.4, -0.2) is 14.7 Å². The first-order valence-corrected chi connectivity index (χ1v) is 8.24. The van der Waals surface area contributed by atoms with Crippen LogP contribution in [0, 0.1) is 12.7 Å². The van der Waals surface area contributed by atoms with E-state index >= 15 is 0 Å². The Labute approximate surface area is 153 Å². The molecule has 8 heteroatoms. The van der Waals surface area contributed by atoms with Gasteiger partial charge in [-0.2, -0.15) is 0 Å². The lowest BCUT2D eigenvalue weighted by Gasteiger charge is -2.20. The van der Waals surface area contributed by atoms with E-state index in [0.717, 1.165) is 6.07 Å². The molecule has 0 saturated heterocycles. The summed E-state index contributed by atoms with van der Waals surface area (Å²) in [5, 5.41) is 13.7. The largest absolute Gasteiger partial charge is 0.504 e. The third kappa shape index (κ3) is 3.22. The van der Waals surface area contributed by atoms with Gasteiger partial charge in [0.25, 0.3) is 12.0 Å². The molecule has 27 heavy (non-hydrogen) atoms. The highest BCUT2D eigenvalue weighted by Crippen LogP contribution is 2.33. The fourth-order valence-corrected chi connectivity index (χ4v) is 3.03. The van der Waals surface area contributed by atoms with Crippen molar-refractivity contribution in [2.24, 2.45) is 7.05 Å². The topological polar surface area (TPSA) is 67.2 Å². The van der Waals surface area contributed by atoms with Crippen molar-refractivity contribution in [1.82, 2.24) is 9.55 Å². The number of pyridine rings is 2. The van der Waals surface area contributed by atoms with Crippen molar-refractivity contribution in [3.8, 4) is 5.75 Å². The Balaban J connectivity index is 2.10. The predicted molar refractivity (Wildman–Crippen MR) is 96.8 cm³/mol. The molecule has 0 aliphatic rings. The van der Waals surface area contributed by atoms with Crippen LogP contribution in [0.4, 0.5) is 19.0 Å². The van der Waals surface area contributed by atoms with Crippen LogP contribution in [0.5, 0.6) is 5.75 Å². The molecule has 1 aromatic carbocycles. The molecule has 0 bridgehead atoms. The number of nitrogens with one attached hydrogen (secondary N) is 1. The lowest BCUT2D eigenvalue weighted by Crippen LogP contribution is -2.17. The molecule has 142 valence electrons. The first-order valence-electron chi connectivity index (χ1n) is 8.24. The molecular formula is C19H18F3N3O2. The van der Waals surface area contributed by atoms with E-state index in [1.807, 2.05) is 0 Å². The second-order valence-corrected chi connectivity index (χ2v) is 6.30. The Hall–Kier alpha value is -3.03. The van der Waals surface area contributed by atoms with E-state index in [-0.39, 0.29) is 28.1 Å². The number of aromatic nitrogens is 2. The standard InChI is InChI=1S/C19H18F3N3O2/c1-9(11-5-4-6-12(15(11)20)18(21)22)23-19-13-7-8-14(26)25(3)16(13)17(27)10(2)24-19/h4-9,18,27H,1-3H3,(H,23,24). The minimum atomic E-state index is -2.92. The number of fused-ring (bicyclic) bond motifs is 1. The monoisotopic (exact) mass is 377 g/mol. The average molecular weight is 377 g/mol. The summed E-state index contributed by atoms with van der Waals surface area (Å²) >= 11 is 0. The first kappa shape index (κ1) is 18.8. The van der Waals surface area contributed by atoms with Gasteiger partial charge in [-0.3, -0.25) is 4.79 Å². The molecule has 0 aliphatic carbocycles. The van der Waals surface area contributed by atoms with Gasteiger partial charge in [-0.1, -0.05) is 18.2 Å². The summed E-state index contributed by atoms with van der Waals surface area (Å²) in [5.74, 6) is -0.792. The minimum Gasteiger partial charge on any atom is -0.504 e. The molecule has 3 aromatic rings. The second kappa shape index (κ2) is 6.94. The van der Waals surface area contributed by atoms with Gasteiger partial charge in [-0.05, 0) is 19.9 Å². The number of anilines is 1. The molecule has 2 N–H and O–H groups in total. The maximum Gasteiger partial charge on any atom is 0.266 e. The highest BCUT2D eigenvalue weighted by atomic mass is 19.3. The van der Waals surface area contributed by atoms with Gasteiger partial charge in [0, 0.05) is 24.1 Å². The molecule has 0 aliphatic heterocycles. The lowest BCUT2D eigenvalue weighted by atomic mass is 10.0. The van der Waals surface area contributed by atoms with Gasteiger partial charge in [0.1, 0.15) is 11.6 Å². The minimum absolute atomic E-state index is 0.0679. The van der Waals surface area contributed by atoms with E-state index in [9.17, 15) is 23.1 Å². The first-order chi connectivity index (χ1) is 12.7. The second-order valence-electron chi connectivity index (χ2n) is 6.30. The third-order valence-corrected chi connectivity index (χ3v) is 4.53. The van der Waals surface area contributed by atoms with Crippen LogP contribution < -0.4 is 10.9 Å². The van der Waals surface area contributed by atoms with Gasteiger partial charge >= 0.3 is 0 Å². The quantitative estimate of drug-likeness (QED) is 0.715. The fourth-order valence-electron chi connectivity index (χ4n) is 3.03. The lowest BCUT2D eigenvalue weighted by molar-refractivity contribution is 0.146. The number of nitrogens with zero attached hydrogens (tertiary/aromatic N) is 2. The van der Waals surface area contributed by atoms with Crippen LogP contribution >= 0.6 is 0 Å². The molecular weight excluding hydrogens is 359 g/mol. The number of aryl methyl sites for hydroxylation is 2.